The van der Waals surface area contributed by atoms with Crippen LogP contribution < -0.4 is 10.6 Å². The summed E-state index contributed by atoms with van der Waals surface area (Å²) in [7, 11) is 0. The molecule has 0 radical (unpaired) electrons. The molecule has 3 fully saturated rings. The number of hydrogen-bond acceptors (Lipinski definition) is 5. The number of hydrogen-bond donors (Lipinski definition) is 3. The largest absolute Gasteiger partial charge is 0.508 e. The lowest BCUT2D eigenvalue weighted by Crippen LogP contribution is -2.56. The first-order valence-electron chi connectivity index (χ1n) is 13.4. The van der Waals surface area contributed by atoms with Gasteiger partial charge in [0, 0.05) is 32.0 Å². The van der Waals surface area contributed by atoms with E-state index in [2.05, 4.69) is 10.6 Å². The molecule has 3 N–H and O–H groups in total. The van der Waals surface area contributed by atoms with Gasteiger partial charge < -0.3 is 25.5 Å². The molecular formula is C29H34N4O5. The van der Waals surface area contributed by atoms with Crippen molar-refractivity contribution < 1.29 is 24.3 Å². The minimum Gasteiger partial charge on any atom is -0.508 e. The second-order valence-electron chi connectivity index (χ2n) is 10.5. The highest BCUT2D eigenvalue weighted by molar-refractivity contribution is 5.95. The molecule has 0 bridgehead atoms. The maximum Gasteiger partial charge on any atom is 0.246 e. The van der Waals surface area contributed by atoms with Gasteiger partial charge in [-0.15, -0.1) is 0 Å². The predicted molar refractivity (Wildman–Crippen MR) is 140 cm³/mol. The minimum atomic E-state index is -0.821. The third-order valence-corrected chi connectivity index (χ3v) is 7.77. The number of rotatable bonds is 4. The topological polar surface area (TPSA) is 119 Å². The van der Waals surface area contributed by atoms with E-state index in [-0.39, 0.29) is 35.8 Å². The number of amides is 4. The fourth-order valence-corrected chi connectivity index (χ4v) is 5.90. The molecule has 2 aromatic rings. The molecule has 2 aromatic carbocycles. The van der Waals surface area contributed by atoms with Crippen LogP contribution in [0.25, 0.3) is 0 Å². The number of nitrogens with zero attached hydrogens (tertiary/aromatic N) is 2. The summed E-state index contributed by atoms with van der Waals surface area (Å²) < 4.78 is 0. The summed E-state index contributed by atoms with van der Waals surface area (Å²) in [6.07, 6.45) is 3.17. The average Bonchev–Trinajstić information content (AvgIpc) is 3.59. The molecule has 9 heteroatoms. The number of phenols is 1. The summed E-state index contributed by atoms with van der Waals surface area (Å²) >= 11 is 0. The van der Waals surface area contributed by atoms with Crippen molar-refractivity contribution in [2.75, 3.05) is 13.1 Å². The number of carbonyl (C=O) groups is 4. The molecule has 3 saturated heterocycles. The highest BCUT2D eigenvalue weighted by atomic mass is 16.3. The fourth-order valence-electron chi connectivity index (χ4n) is 5.90. The molecule has 0 spiro atoms. The molecule has 0 saturated carbocycles. The number of fused-ring (bicyclic) bond motifs is 2. The van der Waals surface area contributed by atoms with Crippen LogP contribution in [0.4, 0.5) is 0 Å². The predicted octanol–water partition coefficient (Wildman–Crippen LogP) is 1.53. The first kappa shape index (κ1) is 25.8. The Morgan fingerprint density at radius 1 is 0.737 bits per heavy atom. The molecule has 3 aliphatic rings. The Labute approximate surface area is 222 Å². The Morgan fingerprint density at radius 2 is 1.37 bits per heavy atom. The van der Waals surface area contributed by atoms with Gasteiger partial charge in [0.1, 0.15) is 23.9 Å². The van der Waals surface area contributed by atoms with Crippen molar-refractivity contribution in [1.82, 2.24) is 20.4 Å². The van der Waals surface area contributed by atoms with Gasteiger partial charge in [-0.25, -0.2) is 0 Å². The normalized spacial score (nSPS) is 26.5. The van der Waals surface area contributed by atoms with E-state index in [4.69, 9.17) is 0 Å². The molecule has 9 nitrogen and oxygen atoms in total. The van der Waals surface area contributed by atoms with Gasteiger partial charge in [0.15, 0.2) is 0 Å². The number of benzene rings is 2. The molecule has 5 rings (SSSR count). The van der Waals surface area contributed by atoms with E-state index in [1.165, 1.54) is 0 Å². The van der Waals surface area contributed by atoms with Gasteiger partial charge in [-0.3, -0.25) is 19.2 Å². The average molecular weight is 519 g/mol. The Balaban J connectivity index is 1.46. The monoisotopic (exact) mass is 518 g/mol. The summed E-state index contributed by atoms with van der Waals surface area (Å²) in [5.74, 6) is -0.931. The first-order chi connectivity index (χ1) is 18.4. The van der Waals surface area contributed by atoms with Crippen molar-refractivity contribution in [3.63, 3.8) is 0 Å². The van der Waals surface area contributed by atoms with Crippen LogP contribution in [0.15, 0.2) is 54.6 Å². The van der Waals surface area contributed by atoms with E-state index in [0.29, 0.717) is 51.6 Å². The van der Waals surface area contributed by atoms with Crippen molar-refractivity contribution in [3.8, 4) is 5.75 Å². The molecule has 4 atom stereocenters. The smallest absolute Gasteiger partial charge is 0.246 e. The maximum absolute atomic E-state index is 13.8. The van der Waals surface area contributed by atoms with Crippen molar-refractivity contribution in [1.29, 1.82) is 0 Å². The van der Waals surface area contributed by atoms with Gasteiger partial charge in [-0.1, -0.05) is 42.5 Å². The Bertz CT molecular complexity index is 1190. The third-order valence-electron chi connectivity index (χ3n) is 7.77. The van der Waals surface area contributed by atoms with Gasteiger partial charge >= 0.3 is 0 Å². The zero-order chi connectivity index (χ0) is 26.6. The molecule has 3 heterocycles. The van der Waals surface area contributed by atoms with Crippen molar-refractivity contribution >= 4 is 23.6 Å². The second-order valence-corrected chi connectivity index (χ2v) is 10.5. The SMILES string of the molecule is O=C1C[C@H](Cc2ccc(O)cc2)NC(=O)[C@@H]2CCCN2C(=O)[C@@H]2CCCN2C(=O)[C@H](Cc2ccccc2)N1. The lowest BCUT2D eigenvalue weighted by atomic mass is 10.0. The first-order valence-corrected chi connectivity index (χ1v) is 13.4. The maximum atomic E-state index is 13.8. The van der Waals surface area contributed by atoms with Crippen LogP contribution in [0.1, 0.15) is 43.2 Å². The van der Waals surface area contributed by atoms with Crippen molar-refractivity contribution in [3.05, 3.63) is 65.7 Å². The van der Waals surface area contributed by atoms with Crippen LogP contribution >= 0.6 is 0 Å². The molecular weight excluding hydrogens is 484 g/mol. The highest BCUT2D eigenvalue weighted by Gasteiger charge is 2.44. The summed E-state index contributed by atoms with van der Waals surface area (Å²) in [6.45, 7) is 0.924. The van der Waals surface area contributed by atoms with Crippen LogP contribution in [0.5, 0.6) is 5.75 Å². The molecule has 0 aliphatic carbocycles. The zero-order valence-electron chi connectivity index (χ0n) is 21.3. The quantitative estimate of drug-likeness (QED) is 0.567. The van der Waals surface area contributed by atoms with Gasteiger partial charge in [0.2, 0.25) is 23.6 Å². The molecule has 200 valence electrons. The van der Waals surface area contributed by atoms with Gasteiger partial charge in [-0.2, -0.15) is 0 Å². The Kier molecular flexibility index (Phi) is 7.62. The van der Waals surface area contributed by atoms with Crippen LogP contribution in [-0.4, -0.2) is 75.8 Å². The van der Waals surface area contributed by atoms with E-state index in [1.54, 1.807) is 34.1 Å². The van der Waals surface area contributed by atoms with Gasteiger partial charge in [0.25, 0.3) is 0 Å². The van der Waals surface area contributed by atoms with Crippen molar-refractivity contribution in [2.24, 2.45) is 0 Å². The number of phenolic OH excluding ortho intramolecular Hbond substituents is 1. The lowest BCUT2D eigenvalue weighted by molar-refractivity contribution is -0.147. The molecule has 4 amide bonds. The van der Waals surface area contributed by atoms with Crippen LogP contribution in [0.2, 0.25) is 0 Å². The fraction of sp³-hybridized carbons (Fsp3) is 0.448. The van der Waals surface area contributed by atoms with E-state index >= 15 is 0 Å². The molecule has 3 aliphatic heterocycles. The standard InChI is InChI=1S/C29H34N4O5/c34-22-12-10-20(11-13-22)16-21-18-26(35)31-23(17-19-6-2-1-3-7-19)28(37)33-15-5-9-25(33)29(38)32-14-4-8-24(32)27(36)30-21/h1-3,6-7,10-13,21,23-25,34H,4-5,8-9,14-18H2,(H,30,36)(H,31,35)/t21-,23-,24-,25-/m0/s1. The van der Waals surface area contributed by atoms with E-state index in [1.807, 2.05) is 30.3 Å². The summed E-state index contributed by atoms with van der Waals surface area (Å²) in [5, 5.41) is 15.6. The lowest BCUT2D eigenvalue weighted by Gasteiger charge is -2.32. The van der Waals surface area contributed by atoms with E-state index < -0.39 is 24.2 Å². The van der Waals surface area contributed by atoms with E-state index in [0.717, 1.165) is 11.1 Å². The Morgan fingerprint density at radius 3 is 2.08 bits per heavy atom. The summed E-state index contributed by atoms with van der Waals surface area (Å²) in [6, 6.07) is 13.5. The van der Waals surface area contributed by atoms with Gasteiger partial charge in [-0.05, 0) is 55.4 Å². The van der Waals surface area contributed by atoms with E-state index in [9.17, 15) is 24.3 Å². The van der Waals surface area contributed by atoms with Gasteiger partial charge in [0.05, 0.1) is 0 Å². The number of aromatic hydroxyl groups is 1. The second kappa shape index (κ2) is 11.2. The van der Waals surface area contributed by atoms with Crippen molar-refractivity contribution in [2.45, 2.75) is 69.1 Å². The third kappa shape index (κ3) is 5.66. The number of carbonyl (C=O) groups excluding carboxylic acids is 4. The van der Waals surface area contributed by atoms with Crippen LogP contribution in [-0.2, 0) is 32.0 Å². The Hall–Kier alpha value is -3.88. The van der Waals surface area contributed by atoms with Crippen LogP contribution in [0, 0.1) is 0 Å². The zero-order valence-corrected chi connectivity index (χ0v) is 21.3. The molecule has 38 heavy (non-hydrogen) atoms. The van der Waals surface area contributed by atoms with Crippen LogP contribution in [0.3, 0.4) is 0 Å². The minimum absolute atomic E-state index is 0.0186. The molecule has 0 aromatic heterocycles. The number of nitrogens with one attached hydrogen (secondary N) is 2. The summed E-state index contributed by atoms with van der Waals surface area (Å²) in [5.41, 5.74) is 1.76. The molecule has 0 unspecified atom stereocenters. The highest BCUT2D eigenvalue weighted by Crippen LogP contribution is 2.27. The summed E-state index contributed by atoms with van der Waals surface area (Å²) in [4.78, 5) is 57.5.